The molecule has 1 fully saturated rings. The van der Waals surface area contributed by atoms with Crippen molar-refractivity contribution in [3.05, 3.63) is 59.8 Å². The van der Waals surface area contributed by atoms with Gasteiger partial charge in [-0.2, -0.15) is 0 Å². The topological polar surface area (TPSA) is 114 Å². The van der Waals surface area contributed by atoms with Crippen LogP contribution < -0.4 is 21.1 Å². The highest BCUT2D eigenvalue weighted by Crippen LogP contribution is 2.16. The van der Waals surface area contributed by atoms with Crippen molar-refractivity contribution in [2.24, 2.45) is 11.7 Å². The van der Waals surface area contributed by atoms with E-state index in [-0.39, 0.29) is 30.2 Å². The van der Waals surface area contributed by atoms with Gasteiger partial charge in [-0.25, -0.2) is 0 Å². The van der Waals surface area contributed by atoms with Crippen LogP contribution in [0.5, 0.6) is 5.75 Å². The Morgan fingerprint density at radius 2 is 2.11 bits per heavy atom. The average molecular weight is 481 g/mol. The number of hydrogen-bond acceptors (Lipinski definition) is 5. The summed E-state index contributed by atoms with van der Waals surface area (Å²) in [6.07, 6.45) is 13.0. The van der Waals surface area contributed by atoms with E-state index >= 15 is 0 Å². The number of hydrogen-bond donors (Lipinski definition) is 3. The van der Waals surface area contributed by atoms with E-state index in [4.69, 9.17) is 10.5 Å². The first-order valence-electron chi connectivity index (χ1n) is 12.4. The van der Waals surface area contributed by atoms with Gasteiger partial charge >= 0.3 is 0 Å². The van der Waals surface area contributed by atoms with Gasteiger partial charge < -0.3 is 26.0 Å². The summed E-state index contributed by atoms with van der Waals surface area (Å²) < 4.78 is 5.48. The van der Waals surface area contributed by atoms with E-state index < -0.39 is 6.04 Å². The fourth-order valence-corrected chi connectivity index (χ4v) is 4.22. The summed E-state index contributed by atoms with van der Waals surface area (Å²) in [6, 6.07) is 6.78. The number of benzene rings is 1. The molecule has 0 radical (unpaired) electrons. The van der Waals surface area contributed by atoms with Crippen LogP contribution in [0.15, 0.2) is 54.3 Å². The van der Waals surface area contributed by atoms with Crippen molar-refractivity contribution >= 4 is 23.8 Å². The van der Waals surface area contributed by atoms with Crippen LogP contribution in [0, 0.1) is 5.92 Å². The molecule has 4 N–H and O–H groups in total. The third kappa shape index (κ3) is 8.40. The molecule has 8 heteroatoms. The van der Waals surface area contributed by atoms with E-state index in [0.29, 0.717) is 31.8 Å². The van der Waals surface area contributed by atoms with Crippen molar-refractivity contribution in [2.45, 2.75) is 45.1 Å². The molecular formula is C27H36N4O4. The molecule has 1 aliphatic carbocycles. The normalized spacial score (nSPS) is 20.7. The predicted octanol–water partition coefficient (Wildman–Crippen LogP) is 2.52. The molecule has 2 atom stereocenters. The van der Waals surface area contributed by atoms with Crippen LogP contribution in [-0.2, 0) is 14.4 Å². The number of carbonyl (C=O) groups is 3. The molecule has 0 saturated carbocycles. The lowest BCUT2D eigenvalue weighted by molar-refractivity contribution is -0.138. The first-order valence-corrected chi connectivity index (χ1v) is 12.4. The van der Waals surface area contributed by atoms with Gasteiger partial charge in [0.05, 0.1) is 13.2 Å². The van der Waals surface area contributed by atoms with Crippen molar-refractivity contribution in [3.63, 3.8) is 0 Å². The highest BCUT2D eigenvalue weighted by molar-refractivity contribution is 5.96. The van der Waals surface area contributed by atoms with E-state index in [1.54, 1.807) is 6.08 Å². The molecule has 35 heavy (non-hydrogen) atoms. The van der Waals surface area contributed by atoms with Gasteiger partial charge in [0, 0.05) is 18.3 Å². The molecule has 2 aliphatic rings. The lowest BCUT2D eigenvalue weighted by Crippen LogP contribution is -2.49. The Balaban J connectivity index is 1.57. The molecular weight excluding hydrogens is 444 g/mol. The lowest BCUT2D eigenvalue weighted by atomic mass is 10.0. The Hall–Kier alpha value is -3.39. The minimum Gasteiger partial charge on any atom is -0.494 e. The van der Waals surface area contributed by atoms with E-state index in [1.165, 1.54) is 11.0 Å². The maximum Gasteiger partial charge on any atom is 0.245 e. The number of ether oxygens (including phenoxy) is 1. The van der Waals surface area contributed by atoms with E-state index in [9.17, 15) is 14.4 Å². The minimum absolute atomic E-state index is 0.0518. The summed E-state index contributed by atoms with van der Waals surface area (Å²) in [5.74, 6) is 0.111. The molecule has 3 amide bonds. The van der Waals surface area contributed by atoms with Gasteiger partial charge in [-0.3, -0.25) is 14.4 Å². The maximum absolute atomic E-state index is 13.1. The summed E-state index contributed by atoms with van der Waals surface area (Å²) in [5, 5.41) is 5.70. The van der Waals surface area contributed by atoms with E-state index in [0.717, 1.165) is 37.0 Å². The number of rotatable bonds is 9. The number of likely N-dealkylation sites (tertiary alicyclic amines) is 1. The molecule has 188 valence electrons. The van der Waals surface area contributed by atoms with Gasteiger partial charge in [-0.1, -0.05) is 24.3 Å². The van der Waals surface area contributed by atoms with E-state index in [2.05, 4.69) is 10.6 Å². The SMILES string of the molecule is CCOc1cccc(/C=C/C(=O)NC2CCCCN(CC(=O)NC3=CC(CN)CCC=C3)C2=O)c1. The van der Waals surface area contributed by atoms with Crippen LogP contribution in [0.2, 0.25) is 0 Å². The van der Waals surface area contributed by atoms with Crippen molar-refractivity contribution in [2.75, 3.05) is 26.2 Å². The fraction of sp³-hybridized carbons (Fsp3) is 0.444. The number of nitrogens with one attached hydrogen (secondary N) is 2. The minimum atomic E-state index is -0.657. The molecule has 2 unspecified atom stereocenters. The number of nitrogens with zero attached hydrogens (tertiary/aromatic N) is 1. The third-order valence-corrected chi connectivity index (χ3v) is 6.03. The highest BCUT2D eigenvalue weighted by Gasteiger charge is 2.29. The fourth-order valence-electron chi connectivity index (χ4n) is 4.22. The van der Waals surface area contributed by atoms with Gasteiger partial charge in [-0.15, -0.1) is 0 Å². The van der Waals surface area contributed by atoms with Crippen LogP contribution in [0.25, 0.3) is 6.08 Å². The molecule has 0 aromatic heterocycles. The van der Waals surface area contributed by atoms with Crippen molar-refractivity contribution in [1.82, 2.24) is 15.5 Å². The second kappa shape index (κ2) is 13.5. The predicted molar refractivity (Wildman–Crippen MR) is 136 cm³/mol. The third-order valence-electron chi connectivity index (χ3n) is 6.03. The Morgan fingerprint density at radius 3 is 2.91 bits per heavy atom. The number of nitrogens with two attached hydrogens (primary N) is 1. The van der Waals surface area contributed by atoms with Gasteiger partial charge in [0.25, 0.3) is 0 Å². The molecule has 3 rings (SSSR count). The summed E-state index contributed by atoms with van der Waals surface area (Å²) in [5.41, 5.74) is 7.34. The van der Waals surface area contributed by atoms with Crippen molar-refractivity contribution in [1.29, 1.82) is 0 Å². The second-order valence-corrected chi connectivity index (χ2v) is 8.80. The van der Waals surface area contributed by atoms with Crippen LogP contribution in [0.3, 0.4) is 0 Å². The number of allylic oxidation sites excluding steroid dienone is 2. The van der Waals surface area contributed by atoms with Crippen LogP contribution in [0.1, 0.15) is 44.6 Å². The summed E-state index contributed by atoms with van der Waals surface area (Å²) >= 11 is 0. The molecule has 1 aromatic rings. The lowest BCUT2D eigenvalue weighted by Gasteiger charge is -2.24. The Bertz CT molecular complexity index is 985. The smallest absolute Gasteiger partial charge is 0.245 e. The second-order valence-electron chi connectivity index (χ2n) is 8.80. The van der Waals surface area contributed by atoms with Gasteiger partial charge in [-0.05, 0) is 81.3 Å². The quantitative estimate of drug-likeness (QED) is 0.470. The van der Waals surface area contributed by atoms with Crippen LogP contribution in [0.4, 0.5) is 0 Å². The average Bonchev–Trinajstić information content (AvgIpc) is 3.17. The molecule has 1 saturated heterocycles. The van der Waals surface area contributed by atoms with Gasteiger partial charge in [0.15, 0.2) is 0 Å². The number of amides is 3. The highest BCUT2D eigenvalue weighted by atomic mass is 16.5. The zero-order valence-electron chi connectivity index (χ0n) is 20.4. The summed E-state index contributed by atoms with van der Waals surface area (Å²) in [4.78, 5) is 39.8. The van der Waals surface area contributed by atoms with Crippen molar-refractivity contribution < 1.29 is 19.1 Å². The molecule has 0 bridgehead atoms. The first-order chi connectivity index (χ1) is 17.0. The summed E-state index contributed by atoms with van der Waals surface area (Å²) in [6.45, 7) is 3.44. The Morgan fingerprint density at radius 1 is 1.26 bits per heavy atom. The molecule has 1 aromatic carbocycles. The zero-order valence-corrected chi connectivity index (χ0v) is 20.4. The van der Waals surface area contributed by atoms with Crippen molar-refractivity contribution in [3.8, 4) is 5.75 Å². The molecule has 8 nitrogen and oxygen atoms in total. The standard InChI is InChI=1S/C27H36N4O4/c1-2-35-23-11-7-9-20(17-23)13-14-25(32)30-24-12-5-6-15-31(27(24)34)19-26(33)29-22-10-4-3-8-21(16-22)18-28/h4,7,9-11,13-14,16-17,21,24H,2-3,5-6,8,12,15,18-19,28H2,1H3,(H,29,33)(H,30,32)/b14-13+. The molecule has 0 spiro atoms. The maximum atomic E-state index is 13.1. The van der Waals surface area contributed by atoms with Gasteiger partial charge in [0.1, 0.15) is 11.8 Å². The number of carbonyl (C=O) groups excluding carboxylic acids is 3. The van der Waals surface area contributed by atoms with Crippen LogP contribution >= 0.6 is 0 Å². The first kappa shape index (κ1) is 26.2. The van der Waals surface area contributed by atoms with Crippen LogP contribution in [-0.4, -0.2) is 54.9 Å². The Labute approximate surface area is 207 Å². The Kier molecular flexibility index (Phi) is 10.1. The molecule has 1 aliphatic heterocycles. The van der Waals surface area contributed by atoms with Gasteiger partial charge in [0.2, 0.25) is 17.7 Å². The largest absolute Gasteiger partial charge is 0.494 e. The zero-order chi connectivity index (χ0) is 25.0. The molecule has 1 heterocycles. The monoisotopic (exact) mass is 480 g/mol. The summed E-state index contributed by atoms with van der Waals surface area (Å²) in [7, 11) is 0. The van der Waals surface area contributed by atoms with E-state index in [1.807, 2.05) is 49.4 Å².